The standard InChI is InChI=1S/C21H25NO/c1-21(2,3)15-9-10-18-17(13-15)20-16(11-12-23-20)19(22-18)14-7-5-4-6-8-14/h4-10,13,16,19-20,22H,11-12H2,1-3H3. The van der Waals surface area contributed by atoms with E-state index < -0.39 is 0 Å². The number of nitrogens with one attached hydrogen (secondary N) is 1. The van der Waals surface area contributed by atoms with Crippen LogP contribution in [0, 0.1) is 5.92 Å². The summed E-state index contributed by atoms with van der Waals surface area (Å²) in [5.74, 6) is 0.514. The van der Waals surface area contributed by atoms with Crippen LogP contribution in [0.3, 0.4) is 0 Å². The van der Waals surface area contributed by atoms with Gasteiger partial charge in [-0.15, -0.1) is 0 Å². The first-order valence-corrected chi connectivity index (χ1v) is 8.61. The number of benzene rings is 2. The molecule has 2 aliphatic rings. The van der Waals surface area contributed by atoms with Gasteiger partial charge >= 0.3 is 0 Å². The van der Waals surface area contributed by atoms with Gasteiger partial charge in [0.1, 0.15) is 0 Å². The summed E-state index contributed by atoms with van der Waals surface area (Å²) in [6.45, 7) is 7.67. The SMILES string of the molecule is CC(C)(C)c1ccc2c(c1)C1OCCC1C(c1ccccc1)N2. The first kappa shape index (κ1) is 14.8. The molecule has 120 valence electrons. The van der Waals surface area contributed by atoms with Gasteiger partial charge in [-0.2, -0.15) is 0 Å². The van der Waals surface area contributed by atoms with Crippen molar-refractivity contribution in [1.29, 1.82) is 0 Å². The molecule has 1 N–H and O–H groups in total. The minimum absolute atomic E-state index is 0.166. The van der Waals surface area contributed by atoms with Crippen LogP contribution in [0.25, 0.3) is 0 Å². The second kappa shape index (κ2) is 5.38. The molecular formula is C21H25NO. The van der Waals surface area contributed by atoms with Crippen molar-refractivity contribution in [3.8, 4) is 0 Å². The first-order valence-electron chi connectivity index (χ1n) is 8.61. The molecular weight excluding hydrogens is 282 g/mol. The number of ether oxygens (including phenoxy) is 1. The monoisotopic (exact) mass is 307 g/mol. The molecule has 0 saturated carbocycles. The zero-order valence-corrected chi connectivity index (χ0v) is 14.2. The predicted molar refractivity (Wildman–Crippen MR) is 94.7 cm³/mol. The number of fused-ring (bicyclic) bond motifs is 3. The van der Waals surface area contributed by atoms with E-state index in [1.54, 1.807) is 0 Å². The number of rotatable bonds is 1. The fourth-order valence-electron chi connectivity index (χ4n) is 3.93. The van der Waals surface area contributed by atoms with E-state index in [0.717, 1.165) is 13.0 Å². The van der Waals surface area contributed by atoms with Crippen LogP contribution in [0.1, 0.15) is 56.0 Å². The van der Waals surface area contributed by atoms with Gasteiger partial charge in [-0.25, -0.2) is 0 Å². The quantitative estimate of drug-likeness (QED) is 0.779. The summed E-state index contributed by atoms with van der Waals surface area (Å²) in [6, 6.07) is 18.0. The highest BCUT2D eigenvalue weighted by molar-refractivity contribution is 5.59. The third-order valence-corrected chi connectivity index (χ3v) is 5.26. The van der Waals surface area contributed by atoms with Gasteiger partial charge in [-0.3, -0.25) is 0 Å². The Kier molecular flexibility index (Phi) is 3.46. The van der Waals surface area contributed by atoms with Crippen LogP contribution in [0.15, 0.2) is 48.5 Å². The summed E-state index contributed by atoms with van der Waals surface area (Å²) in [4.78, 5) is 0. The number of hydrogen-bond acceptors (Lipinski definition) is 2. The van der Waals surface area contributed by atoms with Gasteiger partial charge in [0.2, 0.25) is 0 Å². The highest BCUT2D eigenvalue weighted by atomic mass is 16.5. The molecule has 3 atom stereocenters. The van der Waals surface area contributed by atoms with E-state index in [1.165, 1.54) is 22.4 Å². The van der Waals surface area contributed by atoms with E-state index in [0.29, 0.717) is 12.0 Å². The largest absolute Gasteiger partial charge is 0.378 e. The Labute approximate surface area is 138 Å². The predicted octanol–water partition coefficient (Wildman–Crippen LogP) is 5.23. The van der Waals surface area contributed by atoms with Crippen molar-refractivity contribution in [2.45, 2.75) is 44.8 Å². The maximum absolute atomic E-state index is 6.16. The molecule has 1 saturated heterocycles. The zero-order chi connectivity index (χ0) is 16.0. The Hall–Kier alpha value is -1.80. The lowest BCUT2D eigenvalue weighted by atomic mass is 9.78. The number of anilines is 1. The van der Waals surface area contributed by atoms with Crippen LogP contribution in [-0.2, 0) is 10.2 Å². The minimum atomic E-state index is 0.166. The van der Waals surface area contributed by atoms with Crippen LogP contribution < -0.4 is 5.32 Å². The van der Waals surface area contributed by atoms with Gasteiger partial charge in [-0.05, 0) is 29.0 Å². The maximum Gasteiger partial charge on any atom is 0.0896 e. The Bertz CT molecular complexity index is 702. The van der Waals surface area contributed by atoms with Crippen molar-refractivity contribution in [2.75, 3.05) is 11.9 Å². The number of hydrogen-bond donors (Lipinski definition) is 1. The Morgan fingerprint density at radius 2 is 1.83 bits per heavy atom. The first-order chi connectivity index (χ1) is 11.0. The van der Waals surface area contributed by atoms with Crippen molar-refractivity contribution in [1.82, 2.24) is 0 Å². The van der Waals surface area contributed by atoms with E-state index >= 15 is 0 Å². The van der Waals surface area contributed by atoms with E-state index in [4.69, 9.17) is 4.74 Å². The van der Waals surface area contributed by atoms with Gasteiger partial charge in [-0.1, -0.05) is 63.2 Å². The molecule has 2 heteroatoms. The minimum Gasteiger partial charge on any atom is -0.378 e. The molecule has 1 fully saturated rings. The normalized spacial score (nSPS) is 26.3. The third kappa shape index (κ3) is 2.55. The maximum atomic E-state index is 6.16. The second-order valence-corrected chi connectivity index (χ2v) is 7.83. The van der Waals surface area contributed by atoms with Crippen LogP contribution in [-0.4, -0.2) is 6.61 Å². The third-order valence-electron chi connectivity index (χ3n) is 5.26. The summed E-state index contributed by atoms with van der Waals surface area (Å²) >= 11 is 0. The molecule has 3 unspecified atom stereocenters. The van der Waals surface area contributed by atoms with Crippen LogP contribution in [0.2, 0.25) is 0 Å². The highest BCUT2D eigenvalue weighted by Gasteiger charge is 2.41. The molecule has 0 spiro atoms. The summed E-state index contributed by atoms with van der Waals surface area (Å²) in [5.41, 5.74) is 5.48. The fraction of sp³-hybridized carbons (Fsp3) is 0.429. The van der Waals surface area contributed by atoms with E-state index in [1.807, 2.05) is 0 Å². The molecule has 4 rings (SSSR count). The van der Waals surface area contributed by atoms with Crippen molar-refractivity contribution >= 4 is 5.69 Å². The van der Waals surface area contributed by atoms with Crippen molar-refractivity contribution in [3.05, 3.63) is 65.2 Å². The van der Waals surface area contributed by atoms with Crippen LogP contribution >= 0.6 is 0 Å². The molecule has 2 aromatic rings. The highest BCUT2D eigenvalue weighted by Crippen LogP contribution is 2.50. The summed E-state index contributed by atoms with van der Waals surface area (Å²) in [6.07, 6.45) is 1.34. The average molecular weight is 307 g/mol. The van der Waals surface area contributed by atoms with Crippen molar-refractivity contribution in [3.63, 3.8) is 0 Å². The Morgan fingerprint density at radius 3 is 2.57 bits per heavy atom. The topological polar surface area (TPSA) is 21.3 Å². The van der Waals surface area contributed by atoms with Gasteiger partial charge in [0.15, 0.2) is 0 Å². The molecule has 0 bridgehead atoms. The van der Waals surface area contributed by atoms with Gasteiger partial charge in [0.25, 0.3) is 0 Å². The molecule has 0 aromatic heterocycles. The zero-order valence-electron chi connectivity index (χ0n) is 14.2. The fourth-order valence-corrected chi connectivity index (χ4v) is 3.93. The average Bonchev–Trinajstić information content (AvgIpc) is 3.03. The summed E-state index contributed by atoms with van der Waals surface area (Å²) in [7, 11) is 0. The Morgan fingerprint density at radius 1 is 1.04 bits per heavy atom. The van der Waals surface area contributed by atoms with Gasteiger partial charge < -0.3 is 10.1 Å². The van der Waals surface area contributed by atoms with Crippen molar-refractivity contribution < 1.29 is 4.74 Å². The molecule has 2 heterocycles. The summed E-state index contributed by atoms with van der Waals surface area (Å²) in [5, 5.41) is 3.78. The molecule has 23 heavy (non-hydrogen) atoms. The lowest BCUT2D eigenvalue weighted by molar-refractivity contribution is 0.0828. The Balaban J connectivity index is 1.77. The molecule has 0 amide bonds. The lowest BCUT2D eigenvalue weighted by Gasteiger charge is -2.37. The molecule has 2 aromatic carbocycles. The molecule has 2 aliphatic heterocycles. The second-order valence-electron chi connectivity index (χ2n) is 7.83. The lowest BCUT2D eigenvalue weighted by Crippen LogP contribution is -2.29. The van der Waals surface area contributed by atoms with E-state index in [9.17, 15) is 0 Å². The molecule has 0 radical (unpaired) electrons. The smallest absolute Gasteiger partial charge is 0.0896 e. The van der Waals surface area contributed by atoms with Crippen LogP contribution in [0.5, 0.6) is 0 Å². The molecule has 0 aliphatic carbocycles. The summed E-state index contributed by atoms with van der Waals surface area (Å²) < 4.78 is 6.16. The van der Waals surface area contributed by atoms with Gasteiger partial charge in [0, 0.05) is 23.8 Å². The van der Waals surface area contributed by atoms with E-state index in [2.05, 4.69) is 74.6 Å². The van der Waals surface area contributed by atoms with E-state index in [-0.39, 0.29) is 11.5 Å². The van der Waals surface area contributed by atoms with Crippen LogP contribution in [0.4, 0.5) is 5.69 Å². The molecule has 2 nitrogen and oxygen atoms in total. The van der Waals surface area contributed by atoms with Crippen molar-refractivity contribution in [2.24, 2.45) is 5.92 Å². The van der Waals surface area contributed by atoms with Gasteiger partial charge in [0.05, 0.1) is 12.1 Å².